The van der Waals surface area contributed by atoms with Crippen molar-refractivity contribution in [3.05, 3.63) is 0 Å². The first-order valence-corrected chi connectivity index (χ1v) is 6.45. The van der Waals surface area contributed by atoms with E-state index >= 15 is 0 Å². The molecule has 2 N–H and O–H groups in total. The Labute approximate surface area is 86.2 Å². The van der Waals surface area contributed by atoms with Gasteiger partial charge in [0.25, 0.3) is 0 Å². The minimum absolute atomic E-state index is 0.379. The molecule has 0 aromatic carbocycles. The van der Waals surface area contributed by atoms with Crippen LogP contribution in [0.4, 0.5) is 0 Å². The van der Waals surface area contributed by atoms with Gasteiger partial charge in [-0.05, 0) is 31.6 Å². The van der Waals surface area contributed by atoms with E-state index in [1.807, 2.05) is 11.8 Å². The summed E-state index contributed by atoms with van der Waals surface area (Å²) in [7, 11) is 0. The number of nitrogens with zero attached hydrogens (tertiary/aromatic N) is 1. The van der Waals surface area contributed by atoms with Gasteiger partial charge in [-0.15, -0.1) is 0 Å². The monoisotopic (exact) mass is 202 g/mol. The molecule has 0 bridgehead atoms. The van der Waals surface area contributed by atoms with Crippen LogP contribution in [0.1, 0.15) is 20.3 Å². The summed E-state index contributed by atoms with van der Waals surface area (Å²) in [6.45, 7) is 8.09. The quantitative estimate of drug-likeness (QED) is 0.684. The molecule has 0 aromatic rings. The Morgan fingerprint density at radius 2 is 2.38 bits per heavy atom. The van der Waals surface area contributed by atoms with Crippen LogP contribution in [0.3, 0.4) is 0 Å². The SMILES string of the molecule is CCSCCN1CCC(C(C)N)C1. The molecule has 1 rings (SSSR count). The molecule has 1 heterocycles. The molecule has 1 aliphatic heterocycles. The normalized spacial score (nSPS) is 26.5. The predicted octanol–water partition coefficient (Wildman–Crippen LogP) is 1.41. The van der Waals surface area contributed by atoms with Gasteiger partial charge in [0.15, 0.2) is 0 Å². The highest BCUT2D eigenvalue weighted by Crippen LogP contribution is 2.18. The highest BCUT2D eigenvalue weighted by atomic mass is 32.2. The van der Waals surface area contributed by atoms with Crippen molar-refractivity contribution < 1.29 is 0 Å². The van der Waals surface area contributed by atoms with E-state index in [2.05, 4.69) is 18.7 Å². The predicted molar refractivity (Wildman–Crippen MR) is 61.2 cm³/mol. The zero-order valence-corrected chi connectivity index (χ0v) is 9.65. The number of rotatable bonds is 5. The topological polar surface area (TPSA) is 29.3 Å². The van der Waals surface area contributed by atoms with Crippen LogP contribution in [0.2, 0.25) is 0 Å². The number of hydrogen-bond acceptors (Lipinski definition) is 3. The van der Waals surface area contributed by atoms with Crippen LogP contribution < -0.4 is 5.73 Å². The lowest BCUT2D eigenvalue weighted by Gasteiger charge is -2.17. The zero-order chi connectivity index (χ0) is 9.68. The summed E-state index contributed by atoms with van der Waals surface area (Å²) in [6, 6.07) is 0.379. The van der Waals surface area contributed by atoms with Crippen LogP contribution in [0.25, 0.3) is 0 Å². The Bertz CT molecular complexity index is 139. The maximum absolute atomic E-state index is 5.88. The van der Waals surface area contributed by atoms with Crippen LogP contribution >= 0.6 is 11.8 Å². The fourth-order valence-corrected chi connectivity index (χ4v) is 2.51. The fourth-order valence-electron chi connectivity index (χ4n) is 1.83. The molecule has 0 amide bonds. The van der Waals surface area contributed by atoms with Gasteiger partial charge in [-0.3, -0.25) is 0 Å². The van der Waals surface area contributed by atoms with Gasteiger partial charge in [0.1, 0.15) is 0 Å². The third-order valence-electron chi connectivity index (χ3n) is 2.81. The van der Waals surface area contributed by atoms with Crippen molar-refractivity contribution in [3.63, 3.8) is 0 Å². The molecule has 78 valence electrons. The molecule has 1 aliphatic rings. The summed E-state index contributed by atoms with van der Waals surface area (Å²) in [5, 5.41) is 0. The molecule has 0 aliphatic carbocycles. The van der Waals surface area contributed by atoms with Gasteiger partial charge in [0, 0.05) is 24.9 Å². The van der Waals surface area contributed by atoms with Crippen LogP contribution in [-0.4, -0.2) is 42.1 Å². The minimum Gasteiger partial charge on any atom is -0.328 e. The zero-order valence-electron chi connectivity index (χ0n) is 8.83. The van der Waals surface area contributed by atoms with E-state index in [4.69, 9.17) is 5.73 Å². The van der Waals surface area contributed by atoms with Crippen molar-refractivity contribution in [1.29, 1.82) is 0 Å². The van der Waals surface area contributed by atoms with Crippen molar-refractivity contribution in [2.24, 2.45) is 11.7 Å². The second-order valence-electron chi connectivity index (χ2n) is 3.91. The summed E-state index contributed by atoms with van der Waals surface area (Å²) in [6.07, 6.45) is 1.30. The Morgan fingerprint density at radius 3 is 2.92 bits per heavy atom. The molecule has 3 heteroatoms. The highest BCUT2D eigenvalue weighted by molar-refractivity contribution is 7.99. The average molecular weight is 202 g/mol. The number of hydrogen-bond donors (Lipinski definition) is 1. The van der Waals surface area contributed by atoms with E-state index in [-0.39, 0.29) is 0 Å². The lowest BCUT2D eigenvalue weighted by Crippen LogP contribution is -2.30. The van der Waals surface area contributed by atoms with Gasteiger partial charge in [0.05, 0.1) is 0 Å². The molecule has 0 spiro atoms. The summed E-state index contributed by atoms with van der Waals surface area (Å²) in [4.78, 5) is 2.55. The molecule has 13 heavy (non-hydrogen) atoms. The second-order valence-corrected chi connectivity index (χ2v) is 5.30. The van der Waals surface area contributed by atoms with E-state index in [1.54, 1.807) is 0 Å². The molecule has 1 fully saturated rings. The average Bonchev–Trinajstić information content (AvgIpc) is 2.53. The van der Waals surface area contributed by atoms with E-state index in [9.17, 15) is 0 Å². The van der Waals surface area contributed by atoms with Crippen LogP contribution in [-0.2, 0) is 0 Å². The third kappa shape index (κ3) is 3.88. The van der Waals surface area contributed by atoms with Crippen molar-refractivity contribution >= 4 is 11.8 Å². The Hall–Kier alpha value is 0.270. The van der Waals surface area contributed by atoms with Gasteiger partial charge >= 0.3 is 0 Å². The van der Waals surface area contributed by atoms with Crippen LogP contribution in [0, 0.1) is 5.92 Å². The van der Waals surface area contributed by atoms with Gasteiger partial charge in [-0.1, -0.05) is 6.92 Å². The highest BCUT2D eigenvalue weighted by Gasteiger charge is 2.24. The van der Waals surface area contributed by atoms with Gasteiger partial charge in [0.2, 0.25) is 0 Å². The molecule has 1 saturated heterocycles. The smallest absolute Gasteiger partial charge is 0.00725 e. The van der Waals surface area contributed by atoms with Gasteiger partial charge < -0.3 is 10.6 Å². The second kappa shape index (κ2) is 5.89. The fraction of sp³-hybridized carbons (Fsp3) is 1.00. The van der Waals surface area contributed by atoms with E-state index < -0.39 is 0 Å². The van der Waals surface area contributed by atoms with Crippen molar-refractivity contribution in [1.82, 2.24) is 4.90 Å². The first-order valence-electron chi connectivity index (χ1n) is 5.29. The first-order chi connectivity index (χ1) is 6.24. The third-order valence-corrected chi connectivity index (χ3v) is 3.69. The first kappa shape index (κ1) is 11.3. The summed E-state index contributed by atoms with van der Waals surface area (Å²) in [5.74, 6) is 3.26. The van der Waals surface area contributed by atoms with E-state index in [0.29, 0.717) is 6.04 Å². The summed E-state index contributed by atoms with van der Waals surface area (Å²) in [5.41, 5.74) is 5.88. The van der Waals surface area contributed by atoms with Crippen LogP contribution in [0.15, 0.2) is 0 Å². The summed E-state index contributed by atoms with van der Waals surface area (Å²) >= 11 is 2.03. The van der Waals surface area contributed by atoms with Gasteiger partial charge in [-0.25, -0.2) is 0 Å². The van der Waals surface area contributed by atoms with Gasteiger partial charge in [-0.2, -0.15) is 11.8 Å². The van der Waals surface area contributed by atoms with Crippen molar-refractivity contribution in [2.45, 2.75) is 26.3 Å². The Kier molecular flexibility index (Phi) is 5.14. The summed E-state index contributed by atoms with van der Waals surface area (Å²) < 4.78 is 0. The van der Waals surface area contributed by atoms with Crippen LogP contribution in [0.5, 0.6) is 0 Å². The van der Waals surface area contributed by atoms with Crippen molar-refractivity contribution in [3.8, 4) is 0 Å². The number of thioether (sulfide) groups is 1. The molecule has 0 saturated carbocycles. The lowest BCUT2D eigenvalue weighted by atomic mass is 10.0. The molecule has 0 aromatic heterocycles. The van der Waals surface area contributed by atoms with E-state index in [1.165, 1.54) is 37.6 Å². The molecule has 2 atom stereocenters. The largest absolute Gasteiger partial charge is 0.328 e. The maximum atomic E-state index is 5.88. The Morgan fingerprint density at radius 1 is 1.62 bits per heavy atom. The number of nitrogens with two attached hydrogens (primary N) is 1. The maximum Gasteiger partial charge on any atom is 0.00725 e. The van der Waals surface area contributed by atoms with E-state index in [0.717, 1.165) is 5.92 Å². The molecule has 2 nitrogen and oxygen atoms in total. The minimum atomic E-state index is 0.379. The molecular formula is C10H22N2S. The molecule has 2 unspecified atom stereocenters. The Balaban J connectivity index is 2.10. The van der Waals surface area contributed by atoms with Crippen molar-refractivity contribution in [2.75, 3.05) is 31.1 Å². The molecule has 0 radical (unpaired) electrons. The standard InChI is InChI=1S/C10H22N2S/c1-3-13-7-6-12-5-4-10(8-12)9(2)11/h9-10H,3-8,11H2,1-2H3. The number of likely N-dealkylation sites (tertiary alicyclic amines) is 1. The lowest BCUT2D eigenvalue weighted by molar-refractivity contribution is 0.334. The molecular weight excluding hydrogens is 180 g/mol.